The largest absolute Gasteiger partial charge is 0.480 e. The van der Waals surface area contributed by atoms with Gasteiger partial charge in [-0.2, -0.15) is 0 Å². The molecule has 3 N–H and O–H groups in total. The maximum Gasteiger partial charge on any atom is 0.332 e. The molecule has 0 spiro atoms. The van der Waals surface area contributed by atoms with Crippen LogP contribution >= 0.6 is 11.6 Å². The van der Waals surface area contributed by atoms with Crippen LogP contribution in [-0.2, 0) is 16.0 Å². The van der Waals surface area contributed by atoms with Gasteiger partial charge in [0.1, 0.15) is 18.1 Å². The first-order valence-electron chi connectivity index (χ1n) is 12.4. The molecule has 10 heteroatoms. The molecule has 0 saturated carbocycles. The summed E-state index contributed by atoms with van der Waals surface area (Å²) in [5.41, 5.74) is 3.51. The van der Waals surface area contributed by atoms with Crippen molar-refractivity contribution in [2.75, 3.05) is 4.90 Å². The zero-order valence-corrected chi connectivity index (χ0v) is 21.5. The van der Waals surface area contributed by atoms with Crippen molar-refractivity contribution in [3.8, 4) is 0 Å². The number of urea groups is 1. The van der Waals surface area contributed by atoms with E-state index in [0.29, 0.717) is 11.4 Å². The number of carbonyl (C=O) groups is 4. The Morgan fingerprint density at radius 2 is 1.79 bits per heavy atom. The van der Waals surface area contributed by atoms with Gasteiger partial charge in [-0.15, -0.1) is 0 Å². The van der Waals surface area contributed by atoms with Crippen LogP contribution in [0.3, 0.4) is 0 Å². The van der Waals surface area contributed by atoms with Crippen molar-refractivity contribution in [2.24, 2.45) is 0 Å². The Morgan fingerprint density at radius 3 is 2.56 bits per heavy atom. The van der Waals surface area contributed by atoms with E-state index in [9.17, 15) is 24.3 Å². The van der Waals surface area contributed by atoms with Gasteiger partial charge >= 0.3 is 12.0 Å². The van der Waals surface area contributed by atoms with Gasteiger partial charge in [0.25, 0.3) is 11.8 Å². The van der Waals surface area contributed by atoms with Crippen LogP contribution in [0, 0.1) is 0 Å². The molecule has 2 aliphatic heterocycles. The Labute approximate surface area is 228 Å². The number of fused-ring (bicyclic) bond motifs is 4. The fraction of sp³-hybridized carbons (Fsp3) is 0.172. The predicted molar refractivity (Wildman–Crippen MR) is 145 cm³/mol. The third-order valence-corrected chi connectivity index (χ3v) is 7.56. The lowest BCUT2D eigenvalue weighted by molar-refractivity contribution is -0.138. The molecule has 6 rings (SSSR count). The highest BCUT2D eigenvalue weighted by atomic mass is 35.5. The Kier molecular flexibility index (Phi) is 5.88. The van der Waals surface area contributed by atoms with Crippen molar-refractivity contribution in [1.82, 2.24) is 15.2 Å². The molecule has 4 aromatic rings. The van der Waals surface area contributed by atoms with Crippen molar-refractivity contribution < 1.29 is 24.3 Å². The summed E-state index contributed by atoms with van der Waals surface area (Å²) in [5, 5.41) is 13.1. The molecule has 1 fully saturated rings. The Balaban J connectivity index is 1.47. The minimum absolute atomic E-state index is 0.0235. The number of halogens is 1. The number of benzene rings is 3. The molecule has 3 aromatic carbocycles. The number of imide groups is 1. The summed E-state index contributed by atoms with van der Waals surface area (Å²) in [6.45, 7) is 1.34. The summed E-state index contributed by atoms with van der Waals surface area (Å²) in [4.78, 5) is 58.4. The van der Waals surface area contributed by atoms with Crippen LogP contribution in [0.15, 0.2) is 72.8 Å². The van der Waals surface area contributed by atoms with Crippen LogP contribution in [-0.4, -0.2) is 50.9 Å². The van der Waals surface area contributed by atoms with E-state index in [1.165, 1.54) is 19.1 Å². The first-order valence-corrected chi connectivity index (χ1v) is 12.8. The highest BCUT2D eigenvalue weighted by molar-refractivity contribution is 6.30. The second-order valence-corrected chi connectivity index (χ2v) is 10.1. The van der Waals surface area contributed by atoms with Crippen molar-refractivity contribution in [2.45, 2.75) is 31.5 Å². The molecule has 3 heterocycles. The Morgan fingerprint density at radius 1 is 1.05 bits per heavy atom. The number of rotatable bonds is 5. The third-order valence-electron chi connectivity index (χ3n) is 7.32. The van der Waals surface area contributed by atoms with Crippen LogP contribution in [0.1, 0.15) is 40.1 Å². The number of carboxylic acids is 1. The number of aromatic nitrogens is 1. The number of aliphatic carboxylic acids is 1. The second-order valence-electron chi connectivity index (χ2n) is 9.65. The maximum absolute atomic E-state index is 14.1. The highest BCUT2D eigenvalue weighted by Gasteiger charge is 2.53. The fourth-order valence-corrected chi connectivity index (χ4v) is 5.71. The smallest absolute Gasteiger partial charge is 0.332 e. The molecule has 3 atom stereocenters. The number of anilines is 1. The van der Waals surface area contributed by atoms with Gasteiger partial charge in [-0.1, -0.05) is 54.1 Å². The average Bonchev–Trinajstić information content (AvgIpc) is 3.41. The lowest BCUT2D eigenvalue weighted by Crippen LogP contribution is -2.44. The van der Waals surface area contributed by atoms with Gasteiger partial charge in [-0.05, 0) is 48.4 Å². The monoisotopic (exact) mass is 542 g/mol. The lowest BCUT2D eigenvalue weighted by atomic mass is 9.89. The van der Waals surface area contributed by atoms with E-state index in [0.717, 1.165) is 32.6 Å². The molecule has 0 bridgehead atoms. The first kappa shape index (κ1) is 24.7. The lowest BCUT2D eigenvalue weighted by Gasteiger charge is -2.36. The molecule has 0 radical (unpaired) electrons. The maximum atomic E-state index is 14.1. The van der Waals surface area contributed by atoms with Crippen LogP contribution in [0.5, 0.6) is 0 Å². The summed E-state index contributed by atoms with van der Waals surface area (Å²) in [7, 11) is 0. The number of nitrogens with zero attached hydrogens (tertiary/aromatic N) is 2. The van der Waals surface area contributed by atoms with E-state index < -0.39 is 41.9 Å². The number of nitrogens with one attached hydrogen (secondary N) is 2. The van der Waals surface area contributed by atoms with E-state index in [-0.39, 0.29) is 11.3 Å². The SMILES string of the molecule is C[C@@H](NC(=O)c1ccccc1N1C(=O)[C@@H]2Cc3c([nH]c4ccccc34)[C@@H](c3cccc(Cl)c3)N2C1=O)C(=O)O. The second kappa shape index (κ2) is 9.28. The number of hydrogen-bond donors (Lipinski definition) is 3. The fourth-order valence-electron chi connectivity index (χ4n) is 5.52. The highest BCUT2D eigenvalue weighted by Crippen LogP contribution is 2.45. The standard InChI is InChI=1S/C29H23ClN4O5/c1-15(28(37)38)31-26(35)19-10-3-5-12-22(19)34-27(36)23-14-20-18-9-2-4-11-21(18)32-24(20)25(33(23)29(34)39)16-7-6-8-17(30)13-16/h2-13,15,23,25,32H,14H2,1H3,(H,31,35)(H,37,38)/t15-,23+,25-/m1/s1. The molecule has 4 amide bonds. The topological polar surface area (TPSA) is 123 Å². The van der Waals surface area contributed by atoms with E-state index in [1.54, 1.807) is 35.2 Å². The van der Waals surface area contributed by atoms with Gasteiger partial charge in [0.2, 0.25) is 0 Å². The summed E-state index contributed by atoms with van der Waals surface area (Å²) in [6, 6.07) is 18.0. The number of aromatic amines is 1. The Hall–Kier alpha value is -4.63. The van der Waals surface area contributed by atoms with E-state index >= 15 is 0 Å². The van der Waals surface area contributed by atoms with Crippen molar-refractivity contribution >= 4 is 52.0 Å². The van der Waals surface area contributed by atoms with Gasteiger partial charge in [-0.25, -0.2) is 9.69 Å². The van der Waals surface area contributed by atoms with Gasteiger partial charge in [0.05, 0.1) is 11.3 Å². The molecule has 9 nitrogen and oxygen atoms in total. The zero-order chi connectivity index (χ0) is 27.4. The molecule has 1 aromatic heterocycles. The molecule has 0 unspecified atom stereocenters. The van der Waals surface area contributed by atoms with Crippen LogP contribution < -0.4 is 10.2 Å². The minimum atomic E-state index is -1.20. The van der Waals surface area contributed by atoms with Gasteiger partial charge in [-0.3, -0.25) is 19.3 Å². The van der Waals surface area contributed by atoms with Crippen LogP contribution in [0.2, 0.25) is 5.02 Å². The van der Waals surface area contributed by atoms with Crippen LogP contribution in [0.4, 0.5) is 10.5 Å². The molecule has 196 valence electrons. The summed E-state index contributed by atoms with van der Waals surface area (Å²) >= 11 is 6.34. The predicted octanol–water partition coefficient (Wildman–Crippen LogP) is 4.51. The first-order chi connectivity index (χ1) is 18.8. The molecule has 1 saturated heterocycles. The number of para-hydroxylation sites is 2. The number of carboxylic acid groups (broad SMARTS) is 1. The average molecular weight is 543 g/mol. The van der Waals surface area contributed by atoms with Crippen molar-refractivity contribution in [1.29, 1.82) is 0 Å². The molecular weight excluding hydrogens is 520 g/mol. The summed E-state index contributed by atoms with van der Waals surface area (Å²) in [6.07, 6.45) is 0.294. The molecule has 2 aliphatic rings. The van der Waals surface area contributed by atoms with Crippen LogP contribution in [0.25, 0.3) is 10.9 Å². The number of H-pyrrole nitrogens is 1. The Bertz CT molecular complexity index is 1680. The van der Waals surface area contributed by atoms with E-state index in [2.05, 4.69) is 10.3 Å². The van der Waals surface area contributed by atoms with Crippen molar-refractivity contribution in [3.05, 3.63) is 100 Å². The third kappa shape index (κ3) is 3.93. The summed E-state index contributed by atoms with van der Waals surface area (Å²) < 4.78 is 0. The number of amides is 4. The quantitative estimate of drug-likeness (QED) is 0.320. The summed E-state index contributed by atoms with van der Waals surface area (Å²) in [5.74, 6) is -2.37. The van der Waals surface area contributed by atoms with Gasteiger partial charge in [0, 0.05) is 28.0 Å². The molecule has 39 heavy (non-hydrogen) atoms. The normalized spacial score (nSPS) is 19.1. The van der Waals surface area contributed by atoms with E-state index in [1.807, 2.05) is 30.3 Å². The molecule has 0 aliphatic carbocycles. The molecular formula is C29H23ClN4O5. The number of carbonyl (C=O) groups excluding carboxylic acids is 3. The zero-order valence-electron chi connectivity index (χ0n) is 20.7. The van der Waals surface area contributed by atoms with Gasteiger partial charge in [0.15, 0.2) is 0 Å². The van der Waals surface area contributed by atoms with Gasteiger partial charge < -0.3 is 15.4 Å². The number of hydrogen-bond acceptors (Lipinski definition) is 4. The van der Waals surface area contributed by atoms with Crippen molar-refractivity contribution in [3.63, 3.8) is 0 Å². The minimum Gasteiger partial charge on any atom is -0.480 e. The van der Waals surface area contributed by atoms with E-state index in [4.69, 9.17) is 11.6 Å².